The number of hydrogen-bond acceptors (Lipinski definition) is 4. The maximum Gasteiger partial charge on any atom is 0.277 e. The average molecular weight is 361 g/mol. The summed E-state index contributed by atoms with van der Waals surface area (Å²) in [5.74, 6) is -0.180. The van der Waals surface area contributed by atoms with Crippen LogP contribution < -0.4 is 10.2 Å². The van der Waals surface area contributed by atoms with E-state index >= 15 is 0 Å². The smallest absolute Gasteiger partial charge is 0.277 e. The number of nitrogens with one attached hydrogen (secondary N) is 1. The molecular formula is C20H19N5O2. The van der Waals surface area contributed by atoms with Crippen LogP contribution in [0.5, 0.6) is 0 Å². The number of hydrogen-bond donors (Lipinski definition) is 1. The molecule has 3 aromatic rings. The minimum absolute atomic E-state index is 0.141. The Bertz CT molecular complexity index is 950. The first-order valence-electron chi connectivity index (χ1n) is 8.85. The zero-order valence-electron chi connectivity index (χ0n) is 14.7. The molecular weight excluding hydrogens is 342 g/mol. The van der Waals surface area contributed by atoms with Crippen molar-refractivity contribution in [3.63, 3.8) is 0 Å². The van der Waals surface area contributed by atoms with Gasteiger partial charge in [0.1, 0.15) is 0 Å². The van der Waals surface area contributed by atoms with Gasteiger partial charge in [0.15, 0.2) is 5.69 Å². The molecule has 7 nitrogen and oxygen atoms in total. The first-order chi connectivity index (χ1) is 13.2. The second-order valence-corrected chi connectivity index (χ2v) is 6.44. The summed E-state index contributed by atoms with van der Waals surface area (Å²) in [5.41, 5.74) is 2.84. The lowest BCUT2D eigenvalue weighted by Crippen LogP contribution is -2.23. The van der Waals surface area contributed by atoms with E-state index in [0.717, 1.165) is 24.2 Å². The Morgan fingerprint density at radius 3 is 2.56 bits per heavy atom. The van der Waals surface area contributed by atoms with Crippen LogP contribution in [-0.2, 0) is 11.3 Å². The molecule has 1 N–H and O–H groups in total. The fraction of sp³-hybridized carbons (Fsp3) is 0.200. The largest absolute Gasteiger partial charge is 0.321 e. The molecule has 0 atom stereocenters. The zero-order valence-corrected chi connectivity index (χ0v) is 14.7. The van der Waals surface area contributed by atoms with Crippen molar-refractivity contribution in [2.45, 2.75) is 19.4 Å². The maximum absolute atomic E-state index is 12.4. The fourth-order valence-electron chi connectivity index (χ4n) is 3.09. The predicted molar refractivity (Wildman–Crippen MR) is 102 cm³/mol. The van der Waals surface area contributed by atoms with Gasteiger partial charge in [0.25, 0.3) is 5.91 Å². The van der Waals surface area contributed by atoms with Gasteiger partial charge in [0.05, 0.1) is 12.7 Å². The molecule has 1 saturated heterocycles. The van der Waals surface area contributed by atoms with Crippen molar-refractivity contribution in [1.82, 2.24) is 15.0 Å². The van der Waals surface area contributed by atoms with Crippen LogP contribution in [0.2, 0.25) is 0 Å². The number of carbonyl (C=O) groups excluding carboxylic acids is 2. The molecule has 4 rings (SSSR count). The minimum atomic E-state index is -0.320. The summed E-state index contributed by atoms with van der Waals surface area (Å²) in [6.45, 7) is 1.30. The summed E-state index contributed by atoms with van der Waals surface area (Å²) in [6, 6.07) is 17.1. The number of amides is 2. The normalized spacial score (nSPS) is 13.8. The van der Waals surface area contributed by atoms with Crippen LogP contribution in [-0.4, -0.2) is 33.4 Å². The lowest BCUT2D eigenvalue weighted by Gasteiger charge is -2.15. The van der Waals surface area contributed by atoms with E-state index in [-0.39, 0.29) is 17.5 Å². The van der Waals surface area contributed by atoms with Gasteiger partial charge in [-0.15, -0.1) is 5.10 Å². The first kappa shape index (κ1) is 17.0. The molecule has 1 aromatic heterocycles. The lowest BCUT2D eigenvalue weighted by atomic mass is 10.2. The molecule has 27 heavy (non-hydrogen) atoms. The Balaban J connectivity index is 1.40. The molecule has 0 spiro atoms. The van der Waals surface area contributed by atoms with Crippen molar-refractivity contribution in [2.24, 2.45) is 0 Å². The lowest BCUT2D eigenvalue weighted by molar-refractivity contribution is -0.117. The molecule has 2 aromatic carbocycles. The minimum Gasteiger partial charge on any atom is -0.321 e. The Morgan fingerprint density at radius 2 is 1.85 bits per heavy atom. The quantitative estimate of drug-likeness (QED) is 0.758. The number of benzene rings is 2. The number of anilines is 2. The van der Waals surface area contributed by atoms with E-state index in [2.05, 4.69) is 15.6 Å². The van der Waals surface area contributed by atoms with Crippen LogP contribution in [0.15, 0.2) is 60.8 Å². The summed E-state index contributed by atoms with van der Waals surface area (Å²) in [6.07, 6.45) is 3.10. The molecule has 136 valence electrons. The van der Waals surface area contributed by atoms with Gasteiger partial charge in [-0.05, 0) is 36.2 Å². The van der Waals surface area contributed by atoms with E-state index in [4.69, 9.17) is 0 Å². The molecule has 0 aliphatic carbocycles. The van der Waals surface area contributed by atoms with E-state index in [0.29, 0.717) is 18.7 Å². The highest BCUT2D eigenvalue weighted by molar-refractivity contribution is 6.03. The van der Waals surface area contributed by atoms with Crippen LogP contribution in [0.4, 0.5) is 11.4 Å². The SMILES string of the molecule is O=C(Nc1ccc(N2CCCC2=O)cc1)c1cn(Cc2ccccc2)nn1. The van der Waals surface area contributed by atoms with Crippen LogP contribution in [0, 0.1) is 0 Å². The second-order valence-electron chi connectivity index (χ2n) is 6.44. The highest BCUT2D eigenvalue weighted by Crippen LogP contribution is 2.23. The summed E-state index contributed by atoms with van der Waals surface area (Å²) in [5, 5.41) is 10.8. The number of rotatable bonds is 5. The average Bonchev–Trinajstić information content (AvgIpc) is 3.32. The Kier molecular flexibility index (Phi) is 4.65. The predicted octanol–water partition coefficient (Wildman–Crippen LogP) is 2.71. The monoisotopic (exact) mass is 361 g/mol. The van der Waals surface area contributed by atoms with Crippen LogP contribution in [0.3, 0.4) is 0 Å². The highest BCUT2D eigenvalue weighted by Gasteiger charge is 2.21. The van der Waals surface area contributed by atoms with Gasteiger partial charge in [-0.2, -0.15) is 0 Å². The van der Waals surface area contributed by atoms with E-state index < -0.39 is 0 Å². The number of nitrogens with zero attached hydrogens (tertiary/aromatic N) is 4. The van der Waals surface area contributed by atoms with Crippen LogP contribution in [0.25, 0.3) is 0 Å². The second kappa shape index (κ2) is 7.41. The Hall–Kier alpha value is -3.48. The van der Waals surface area contributed by atoms with Gasteiger partial charge in [-0.25, -0.2) is 4.68 Å². The van der Waals surface area contributed by atoms with Gasteiger partial charge >= 0.3 is 0 Å². The van der Waals surface area contributed by atoms with Crippen molar-refractivity contribution in [1.29, 1.82) is 0 Å². The van der Waals surface area contributed by atoms with Crippen molar-refractivity contribution < 1.29 is 9.59 Å². The summed E-state index contributed by atoms with van der Waals surface area (Å²) < 4.78 is 1.63. The molecule has 7 heteroatoms. The topological polar surface area (TPSA) is 80.1 Å². The van der Waals surface area contributed by atoms with Gasteiger partial charge < -0.3 is 10.2 Å². The summed E-state index contributed by atoms with van der Waals surface area (Å²) in [4.78, 5) is 25.9. The van der Waals surface area contributed by atoms with Crippen molar-refractivity contribution in [3.8, 4) is 0 Å². The van der Waals surface area contributed by atoms with Gasteiger partial charge in [-0.1, -0.05) is 35.5 Å². The molecule has 1 fully saturated rings. The molecule has 1 aliphatic heterocycles. The standard InChI is InChI=1S/C20H19N5O2/c26-19-7-4-12-25(19)17-10-8-16(9-11-17)21-20(27)18-14-24(23-22-18)13-15-5-2-1-3-6-15/h1-3,5-6,8-11,14H,4,7,12-13H2,(H,21,27). The molecule has 2 amide bonds. The Morgan fingerprint density at radius 1 is 1.07 bits per heavy atom. The number of aromatic nitrogens is 3. The molecule has 0 radical (unpaired) electrons. The third kappa shape index (κ3) is 3.87. The van der Waals surface area contributed by atoms with E-state index in [9.17, 15) is 9.59 Å². The molecule has 0 saturated carbocycles. The number of carbonyl (C=O) groups is 2. The molecule has 1 aliphatic rings. The zero-order chi connectivity index (χ0) is 18.6. The third-order valence-corrected chi connectivity index (χ3v) is 4.47. The van der Waals surface area contributed by atoms with Crippen LogP contribution in [0.1, 0.15) is 28.9 Å². The molecule has 2 heterocycles. The Labute approximate surface area is 156 Å². The molecule has 0 unspecified atom stereocenters. The fourth-order valence-corrected chi connectivity index (χ4v) is 3.09. The summed E-state index contributed by atoms with van der Waals surface area (Å²) >= 11 is 0. The first-order valence-corrected chi connectivity index (χ1v) is 8.85. The van der Waals surface area contributed by atoms with E-state index in [1.807, 2.05) is 42.5 Å². The summed E-state index contributed by atoms with van der Waals surface area (Å²) in [7, 11) is 0. The van der Waals surface area contributed by atoms with Gasteiger partial charge in [-0.3, -0.25) is 9.59 Å². The van der Waals surface area contributed by atoms with Crippen LogP contribution >= 0.6 is 0 Å². The van der Waals surface area contributed by atoms with Crippen molar-refractivity contribution in [2.75, 3.05) is 16.8 Å². The van der Waals surface area contributed by atoms with E-state index in [1.165, 1.54) is 0 Å². The molecule has 0 bridgehead atoms. The third-order valence-electron chi connectivity index (χ3n) is 4.47. The maximum atomic E-state index is 12.4. The highest BCUT2D eigenvalue weighted by atomic mass is 16.2. The van der Waals surface area contributed by atoms with Crippen molar-refractivity contribution in [3.05, 3.63) is 72.1 Å². The van der Waals surface area contributed by atoms with Gasteiger partial charge in [0, 0.05) is 24.3 Å². The van der Waals surface area contributed by atoms with Crippen molar-refractivity contribution >= 4 is 23.2 Å². The van der Waals surface area contributed by atoms with Gasteiger partial charge in [0.2, 0.25) is 5.91 Å². The van der Waals surface area contributed by atoms with E-state index in [1.54, 1.807) is 27.9 Å².